The van der Waals surface area contributed by atoms with Gasteiger partial charge in [-0.1, -0.05) is 44.2 Å². The maximum atomic E-state index is 12.1. The SMILES string of the molecule is CCOCC(C)(C)[C@@H](O)/C=C/[C@@H]1C=CC(=O)[C@H]1C/C=C\CCCC(=O)O. The topological polar surface area (TPSA) is 83.8 Å². The van der Waals surface area contributed by atoms with Crippen LogP contribution in [0.25, 0.3) is 0 Å². The van der Waals surface area contributed by atoms with Crippen molar-refractivity contribution >= 4 is 11.8 Å². The van der Waals surface area contributed by atoms with Crippen molar-refractivity contribution in [2.45, 2.75) is 52.6 Å². The van der Waals surface area contributed by atoms with Gasteiger partial charge in [0.25, 0.3) is 0 Å². The van der Waals surface area contributed by atoms with Crippen LogP contribution in [0.2, 0.25) is 0 Å². The van der Waals surface area contributed by atoms with E-state index in [2.05, 4.69) is 0 Å². The van der Waals surface area contributed by atoms with Crippen LogP contribution in [0, 0.1) is 17.3 Å². The summed E-state index contributed by atoms with van der Waals surface area (Å²) in [6, 6.07) is 0. The molecule has 5 nitrogen and oxygen atoms in total. The van der Waals surface area contributed by atoms with Gasteiger partial charge in [-0.3, -0.25) is 9.59 Å². The van der Waals surface area contributed by atoms with Crippen LogP contribution < -0.4 is 0 Å². The van der Waals surface area contributed by atoms with Gasteiger partial charge in [-0.25, -0.2) is 0 Å². The summed E-state index contributed by atoms with van der Waals surface area (Å²) in [5.74, 6) is -0.865. The van der Waals surface area contributed by atoms with E-state index in [1.54, 1.807) is 12.2 Å². The van der Waals surface area contributed by atoms with Crippen molar-refractivity contribution in [2.24, 2.45) is 17.3 Å². The number of allylic oxidation sites excluding steroid dienone is 5. The number of carbonyl (C=O) groups is 2. The van der Waals surface area contributed by atoms with Gasteiger partial charge in [-0.05, 0) is 32.3 Å². The van der Waals surface area contributed by atoms with E-state index in [0.717, 1.165) is 0 Å². The second-order valence-electron chi connectivity index (χ2n) is 7.39. The fourth-order valence-electron chi connectivity index (χ4n) is 2.80. The Morgan fingerprint density at radius 3 is 2.77 bits per heavy atom. The number of ether oxygens (including phenoxy) is 1. The van der Waals surface area contributed by atoms with Gasteiger partial charge in [0.05, 0.1) is 12.7 Å². The molecule has 0 aromatic heterocycles. The minimum atomic E-state index is -0.787. The summed E-state index contributed by atoms with van der Waals surface area (Å²) in [6.45, 7) is 6.90. The molecule has 26 heavy (non-hydrogen) atoms. The van der Waals surface area contributed by atoms with Crippen molar-refractivity contribution in [3.8, 4) is 0 Å². The van der Waals surface area contributed by atoms with Crippen LogP contribution >= 0.6 is 0 Å². The van der Waals surface area contributed by atoms with Crippen LogP contribution in [-0.2, 0) is 14.3 Å². The van der Waals surface area contributed by atoms with Gasteiger partial charge in [0.2, 0.25) is 0 Å². The van der Waals surface area contributed by atoms with Crippen molar-refractivity contribution in [2.75, 3.05) is 13.2 Å². The summed E-state index contributed by atoms with van der Waals surface area (Å²) in [7, 11) is 0. The first-order valence-electron chi connectivity index (χ1n) is 9.31. The first kappa shape index (κ1) is 22.3. The largest absolute Gasteiger partial charge is 0.481 e. The number of aliphatic hydroxyl groups is 1. The molecule has 146 valence electrons. The predicted octanol–water partition coefficient (Wildman–Crippen LogP) is 3.54. The molecule has 0 bridgehead atoms. The number of carboxylic acids is 1. The molecule has 0 heterocycles. The first-order chi connectivity index (χ1) is 12.3. The highest BCUT2D eigenvalue weighted by molar-refractivity contribution is 5.95. The van der Waals surface area contributed by atoms with Gasteiger partial charge >= 0.3 is 5.97 Å². The van der Waals surface area contributed by atoms with Gasteiger partial charge in [-0.2, -0.15) is 0 Å². The molecule has 0 saturated carbocycles. The highest BCUT2D eigenvalue weighted by Crippen LogP contribution is 2.29. The number of aliphatic hydroxyl groups excluding tert-OH is 1. The van der Waals surface area contributed by atoms with E-state index in [0.29, 0.717) is 32.5 Å². The van der Waals surface area contributed by atoms with E-state index in [1.165, 1.54) is 0 Å². The molecule has 1 rings (SSSR count). The third-order valence-electron chi connectivity index (χ3n) is 4.63. The standard InChI is InChI=1S/C21H32O5/c1-4-26-15-21(2,3)19(23)14-12-16-11-13-18(22)17(16)9-7-5-6-8-10-20(24)25/h5,7,11-14,16-17,19,23H,4,6,8-10,15H2,1-3H3,(H,24,25)/b7-5-,14-12+/t16-,17-,19-/m0/s1. The van der Waals surface area contributed by atoms with E-state index in [1.807, 2.05) is 45.1 Å². The Bertz CT molecular complexity index is 545. The zero-order valence-electron chi connectivity index (χ0n) is 16.1. The minimum absolute atomic E-state index is 0.0243. The molecule has 2 N–H and O–H groups in total. The van der Waals surface area contributed by atoms with E-state index >= 15 is 0 Å². The van der Waals surface area contributed by atoms with Gasteiger partial charge in [-0.15, -0.1) is 0 Å². The maximum absolute atomic E-state index is 12.1. The number of hydrogen-bond donors (Lipinski definition) is 2. The molecule has 0 fully saturated rings. The van der Waals surface area contributed by atoms with E-state index in [9.17, 15) is 14.7 Å². The lowest BCUT2D eigenvalue weighted by atomic mass is 9.85. The predicted molar refractivity (Wildman–Crippen MR) is 102 cm³/mol. The van der Waals surface area contributed by atoms with E-state index in [-0.39, 0.29) is 24.0 Å². The van der Waals surface area contributed by atoms with Crippen LogP contribution in [0.4, 0.5) is 0 Å². The Balaban J connectivity index is 2.54. The molecule has 0 aromatic carbocycles. The number of rotatable bonds is 12. The Labute approximate surface area is 156 Å². The van der Waals surface area contributed by atoms with Crippen molar-refractivity contribution in [3.05, 3.63) is 36.5 Å². The second-order valence-corrected chi connectivity index (χ2v) is 7.39. The second kappa shape index (κ2) is 11.1. The van der Waals surface area contributed by atoms with Crippen molar-refractivity contribution in [1.82, 2.24) is 0 Å². The first-order valence-corrected chi connectivity index (χ1v) is 9.31. The van der Waals surface area contributed by atoms with E-state index < -0.39 is 17.5 Å². The molecule has 0 amide bonds. The number of unbranched alkanes of at least 4 members (excludes halogenated alkanes) is 1. The van der Waals surface area contributed by atoms with Crippen molar-refractivity contribution in [1.29, 1.82) is 0 Å². The van der Waals surface area contributed by atoms with Crippen LogP contribution in [0.3, 0.4) is 0 Å². The highest BCUT2D eigenvalue weighted by atomic mass is 16.5. The average Bonchev–Trinajstić information content (AvgIpc) is 2.93. The fraction of sp³-hybridized carbons (Fsp3) is 0.619. The van der Waals surface area contributed by atoms with Crippen LogP contribution in [0.5, 0.6) is 0 Å². The monoisotopic (exact) mass is 364 g/mol. The Morgan fingerprint density at radius 1 is 1.38 bits per heavy atom. The maximum Gasteiger partial charge on any atom is 0.303 e. The molecule has 1 aliphatic carbocycles. The average molecular weight is 364 g/mol. The molecule has 1 aliphatic rings. The highest BCUT2D eigenvalue weighted by Gasteiger charge is 2.29. The Morgan fingerprint density at radius 2 is 2.12 bits per heavy atom. The van der Waals surface area contributed by atoms with Crippen LogP contribution in [0.1, 0.15) is 46.5 Å². The lowest BCUT2D eigenvalue weighted by Gasteiger charge is -2.28. The number of aliphatic carboxylic acids is 1. The number of hydrogen-bond acceptors (Lipinski definition) is 4. The van der Waals surface area contributed by atoms with Gasteiger partial charge < -0.3 is 14.9 Å². The lowest BCUT2D eigenvalue weighted by Crippen LogP contribution is -2.32. The summed E-state index contributed by atoms with van der Waals surface area (Å²) in [5, 5.41) is 19.0. The summed E-state index contributed by atoms with van der Waals surface area (Å²) < 4.78 is 5.42. The third-order valence-corrected chi connectivity index (χ3v) is 4.63. The Kier molecular flexibility index (Phi) is 9.52. The normalized spacial score (nSPS) is 21.9. The minimum Gasteiger partial charge on any atom is -0.481 e. The molecule has 3 atom stereocenters. The molecular formula is C21H32O5. The summed E-state index contributed by atoms with van der Waals surface area (Å²) >= 11 is 0. The number of ketones is 1. The Hall–Kier alpha value is -1.72. The summed E-state index contributed by atoms with van der Waals surface area (Å²) in [5.41, 5.74) is -0.390. The molecule has 5 heteroatoms. The van der Waals surface area contributed by atoms with Gasteiger partial charge in [0.15, 0.2) is 5.78 Å². The molecule has 0 saturated heterocycles. The number of carbonyl (C=O) groups excluding carboxylic acids is 1. The van der Waals surface area contributed by atoms with E-state index in [4.69, 9.17) is 9.84 Å². The molecule has 0 unspecified atom stereocenters. The molecule has 0 aliphatic heterocycles. The molecule has 0 aromatic rings. The fourth-order valence-corrected chi connectivity index (χ4v) is 2.80. The van der Waals surface area contributed by atoms with Crippen molar-refractivity contribution in [3.63, 3.8) is 0 Å². The molecule has 0 radical (unpaired) electrons. The van der Waals surface area contributed by atoms with Crippen molar-refractivity contribution < 1.29 is 24.5 Å². The zero-order valence-corrected chi connectivity index (χ0v) is 16.1. The van der Waals surface area contributed by atoms with Crippen LogP contribution in [0.15, 0.2) is 36.5 Å². The molecule has 0 spiro atoms. The van der Waals surface area contributed by atoms with Gasteiger partial charge in [0.1, 0.15) is 0 Å². The summed E-state index contributed by atoms with van der Waals surface area (Å²) in [4.78, 5) is 22.5. The lowest BCUT2D eigenvalue weighted by molar-refractivity contribution is -0.137. The smallest absolute Gasteiger partial charge is 0.303 e. The zero-order chi connectivity index (χ0) is 19.6. The summed E-state index contributed by atoms with van der Waals surface area (Å²) in [6.07, 6.45) is 12.5. The van der Waals surface area contributed by atoms with Gasteiger partial charge in [0, 0.05) is 30.3 Å². The third kappa shape index (κ3) is 7.67. The quantitative estimate of drug-likeness (QED) is 0.409. The van der Waals surface area contributed by atoms with Crippen LogP contribution in [-0.4, -0.2) is 41.3 Å². The molecular weight excluding hydrogens is 332 g/mol. The number of carboxylic acid groups (broad SMARTS) is 1.